The first-order valence-corrected chi connectivity index (χ1v) is 7.26. The van der Waals surface area contributed by atoms with Crippen molar-refractivity contribution in [3.8, 4) is 11.1 Å². The molecule has 9 heteroatoms. The van der Waals surface area contributed by atoms with Crippen LogP contribution >= 0.6 is 0 Å². The largest absolute Gasteiger partial charge is 0.318 e. The zero-order chi connectivity index (χ0) is 16.5. The fraction of sp³-hybridized carbons (Fsp3) is 0.0667. The van der Waals surface area contributed by atoms with Gasteiger partial charge in [-0.2, -0.15) is 15.3 Å². The summed E-state index contributed by atoms with van der Waals surface area (Å²) < 4.78 is 1.52. The number of hydrogen-bond donors (Lipinski definition) is 4. The van der Waals surface area contributed by atoms with E-state index >= 15 is 0 Å². The van der Waals surface area contributed by atoms with Gasteiger partial charge >= 0.3 is 0 Å². The summed E-state index contributed by atoms with van der Waals surface area (Å²) in [4.78, 5) is 12.4. The quantitative estimate of drug-likeness (QED) is 0.450. The van der Waals surface area contributed by atoms with Crippen LogP contribution in [0.3, 0.4) is 0 Å². The van der Waals surface area contributed by atoms with E-state index in [0.717, 1.165) is 22.0 Å². The molecular weight excluding hydrogens is 308 g/mol. The van der Waals surface area contributed by atoms with Crippen molar-refractivity contribution < 1.29 is 4.79 Å². The number of hydrogen-bond acceptors (Lipinski definition) is 5. The number of carbonyl (C=O) groups is 1. The van der Waals surface area contributed by atoms with Crippen molar-refractivity contribution in [1.82, 2.24) is 30.2 Å². The number of nitrogens with two attached hydrogens (primary N) is 1. The molecule has 1 amide bonds. The van der Waals surface area contributed by atoms with Crippen LogP contribution in [0.5, 0.6) is 0 Å². The van der Waals surface area contributed by atoms with Crippen LogP contribution in [0.2, 0.25) is 0 Å². The summed E-state index contributed by atoms with van der Waals surface area (Å²) in [5.41, 5.74) is 9.09. The number of benzene rings is 1. The van der Waals surface area contributed by atoms with Gasteiger partial charge in [-0.1, -0.05) is 6.07 Å². The number of nitrogens with one attached hydrogen (secondary N) is 3. The van der Waals surface area contributed by atoms with Gasteiger partial charge in [0.1, 0.15) is 0 Å². The minimum Gasteiger partial charge on any atom is -0.318 e. The highest BCUT2D eigenvalue weighted by Crippen LogP contribution is 2.24. The molecule has 0 spiro atoms. The monoisotopic (exact) mass is 322 g/mol. The molecule has 0 saturated carbocycles. The molecule has 9 nitrogen and oxygen atoms in total. The Balaban J connectivity index is 1.63. The number of fused-ring (bicyclic) bond motifs is 1. The second kappa shape index (κ2) is 5.63. The molecule has 0 aliphatic rings. The van der Waals surface area contributed by atoms with Gasteiger partial charge in [0.25, 0.3) is 5.91 Å². The summed E-state index contributed by atoms with van der Waals surface area (Å²) >= 11 is 0. The fourth-order valence-electron chi connectivity index (χ4n) is 2.50. The Morgan fingerprint density at radius 1 is 1.29 bits per heavy atom. The molecule has 0 fully saturated rings. The summed E-state index contributed by atoms with van der Waals surface area (Å²) in [6.45, 7) is 0.248. The maximum atomic E-state index is 12.4. The smallest absolute Gasteiger partial charge is 0.276 e. The Bertz CT molecular complexity index is 998. The summed E-state index contributed by atoms with van der Waals surface area (Å²) in [5, 5.41) is 21.2. The van der Waals surface area contributed by atoms with Crippen LogP contribution in [-0.4, -0.2) is 36.1 Å². The lowest BCUT2D eigenvalue weighted by Gasteiger charge is -2.00. The average Bonchev–Trinajstić information content (AvgIpc) is 3.34. The minimum absolute atomic E-state index is 0.248. The predicted molar refractivity (Wildman–Crippen MR) is 88.0 cm³/mol. The van der Waals surface area contributed by atoms with Crippen molar-refractivity contribution in [3.63, 3.8) is 0 Å². The standard InChI is InChI=1S/C15H14N8O/c16-8-23-7-11(6-19-23)20-15(24)14-12-2-1-9(3-13(12)21-22-14)10-4-17-18-5-10/h1-7H,8,16H2,(H,17,18)(H,20,24)(H,21,22). The third-order valence-corrected chi connectivity index (χ3v) is 3.69. The Morgan fingerprint density at radius 3 is 2.96 bits per heavy atom. The Hall–Kier alpha value is -3.46. The van der Waals surface area contributed by atoms with E-state index in [-0.39, 0.29) is 12.6 Å². The first kappa shape index (κ1) is 14.2. The van der Waals surface area contributed by atoms with E-state index in [2.05, 4.69) is 30.8 Å². The highest BCUT2D eigenvalue weighted by atomic mass is 16.2. The van der Waals surface area contributed by atoms with Gasteiger partial charge < -0.3 is 11.1 Å². The van der Waals surface area contributed by atoms with Gasteiger partial charge in [-0.3, -0.25) is 19.7 Å². The molecule has 4 rings (SSSR count). The van der Waals surface area contributed by atoms with Crippen LogP contribution < -0.4 is 11.1 Å². The molecule has 0 saturated heterocycles. The summed E-state index contributed by atoms with van der Waals surface area (Å²) in [6.07, 6.45) is 6.74. The van der Waals surface area contributed by atoms with E-state index in [1.165, 1.54) is 10.9 Å². The number of H-pyrrole nitrogens is 2. The van der Waals surface area contributed by atoms with Crippen LogP contribution in [0.4, 0.5) is 5.69 Å². The molecule has 0 aliphatic heterocycles. The van der Waals surface area contributed by atoms with Crippen molar-refractivity contribution in [3.05, 3.63) is 48.7 Å². The van der Waals surface area contributed by atoms with E-state index < -0.39 is 0 Å². The maximum Gasteiger partial charge on any atom is 0.276 e. The van der Waals surface area contributed by atoms with Crippen molar-refractivity contribution in [2.75, 3.05) is 5.32 Å². The van der Waals surface area contributed by atoms with E-state index in [9.17, 15) is 4.79 Å². The second-order valence-corrected chi connectivity index (χ2v) is 5.22. The zero-order valence-corrected chi connectivity index (χ0v) is 12.5. The number of amides is 1. The molecule has 0 atom stereocenters. The molecule has 120 valence electrons. The van der Waals surface area contributed by atoms with E-state index in [0.29, 0.717) is 11.4 Å². The maximum absolute atomic E-state index is 12.4. The average molecular weight is 322 g/mol. The Morgan fingerprint density at radius 2 is 2.21 bits per heavy atom. The van der Waals surface area contributed by atoms with E-state index in [1.807, 2.05) is 18.2 Å². The molecule has 0 unspecified atom stereocenters. The van der Waals surface area contributed by atoms with Crippen LogP contribution in [0.25, 0.3) is 22.0 Å². The summed E-state index contributed by atoms with van der Waals surface area (Å²) in [6, 6.07) is 5.71. The molecule has 3 aromatic heterocycles. The lowest BCUT2D eigenvalue weighted by Crippen LogP contribution is -2.12. The van der Waals surface area contributed by atoms with Crippen LogP contribution in [0.1, 0.15) is 10.5 Å². The van der Waals surface area contributed by atoms with Gasteiger partial charge in [0.2, 0.25) is 0 Å². The summed E-state index contributed by atoms with van der Waals surface area (Å²) in [7, 11) is 0. The van der Waals surface area contributed by atoms with Gasteiger partial charge in [-0.05, 0) is 17.7 Å². The lowest BCUT2D eigenvalue weighted by atomic mass is 10.1. The number of anilines is 1. The van der Waals surface area contributed by atoms with Crippen molar-refractivity contribution in [1.29, 1.82) is 0 Å². The Kier molecular flexibility index (Phi) is 3.32. The van der Waals surface area contributed by atoms with Gasteiger partial charge in [0.15, 0.2) is 5.69 Å². The van der Waals surface area contributed by atoms with Gasteiger partial charge in [0.05, 0.1) is 36.5 Å². The summed E-state index contributed by atoms with van der Waals surface area (Å²) in [5.74, 6) is -0.311. The lowest BCUT2D eigenvalue weighted by molar-refractivity contribution is 0.102. The van der Waals surface area contributed by atoms with E-state index in [4.69, 9.17) is 5.73 Å². The number of rotatable bonds is 4. The molecule has 0 radical (unpaired) electrons. The van der Waals surface area contributed by atoms with Gasteiger partial charge in [0, 0.05) is 17.1 Å². The second-order valence-electron chi connectivity index (χ2n) is 5.22. The number of aromatic amines is 2. The molecule has 24 heavy (non-hydrogen) atoms. The van der Waals surface area contributed by atoms with E-state index in [1.54, 1.807) is 18.6 Å². The van der Waals surface area contributed by atoms with Gasteiger partial charge in [-0.25, -0.2) is 0 Å². The minimum atomic E-state index is -0.311. The number of aromatic nitrogens is 6. The molecule has 0 bridgehead atoms. The third kappa shape index (κ3) is 2.42. The zero-order valence-electron chi connectivity index (χ0n) is 12.5. The highest BCUT2D eigenvalue weighted by Gasteiger charge is 2.15. The van der Waals surface area contributed by atoms with Crippen LogP contribution in [0.15, 0.2) is 43.0 Å². The van der Waals surface area contributed by atoms with Crippen molar-refractivity contribution >= 4 is 22.5 Å². The number of nitrogens with zero attached hydrogens (tertiary/aromatic N) is 4. The molecule has 5 N–H and O–H groups in total. The predicted octanol–water partition coefficient (Wildman–Crippen LogP) is 1.32. The Labute approximate surface area is 135 Å². The first-order valence-electron chi connectivity index (χ1n) is 7.26. The number of carbonyl (C=O) groups excluding carboxylic acids is 1. The van der Waals surface area contributed by atoms with Crippen LogP contribution in [-0.2, 0) is 6.67 Å². The molecule has 3 heterocycles. The molecule has 4 aromatic rings. The molecule has 0 aliphatic carbocycles. The highest BCUT2D eigenvalue weighted by molar-refractivity contribution is 6.11. The van der Waals surface area contributed by atoms with Crippen molar-refractivity contribution in [2.24, 2.45) is 5.73 Å². The normalized spacial score (nSPS) is 11.0. The third-order valence-electron chi connectivity index (χ3n) is 3.69. The molecule has 1 aromatic carbocycles. The fourth-order valence-corrected chi connectivity index (χ4v) is 2.50. The molecular formula is C15H14N8O. The SMILES string of the molecule is NCn1cc(NC(=O)c2n[nH]c3cc(-c4cn[nH]c4)ccc23)cn1. The first-order chi connectivity index (χ1) is 11.7. The topological polar surface area (TPSA) is 130 Å². The van der Waals surface area contributed by atoms with Crippen molar-refractivity contribution in [2.45, 2.75) is 6.67 Å². The van der Waals surface area contributed by atoms with Crippen LogP contribution in [0, 0.1) is 0 Å². The van der Waals surface area contributed by atoms with Gasteiger partial charge in [-0.15, -0.1) is 0 Å².